The number of benzene rings is 1. The van der Waals surface area contributed by atoms with Crippen molar-refractivity contribution in [2.75, 3.05) is 46.6 Å². The van der Waals surface area contributed by atoms with Crippen molar-refractivity contribution in [2.45, 2.75) is 102 Å². The van der Waals surface area contributed by atoms with E-state index in [0.717, 1.165) is 76.2 Å². The van der Waals surface area contributed by atoms with Gasteiger partial charge in [-0.25, -0.2) is 13.4 Å². The lowest BCUT2D eigenvalue weighted by atomic mass is 9.91. The van der Waals surface area contributed by atoms with Gasteiger partial charge in [-0.3, -0.25) is 19.3 Å². The highest BCUT2D eigenvalue weighted by Gasteiger charge is 2.29. The molecule has 2 aliphatic rings. The molecule has 1 aliphatic carbocycles. The van der Waals surface area contributed by atoms with E-state index in [1.54, 1.807) is 36.2 Å². The zero-order valence-electron chi connectivity index (χ0n) is 28.5. The Bertz CT molecular complexity index is 1130. The van der Waals surface area contributed by atoms with Crippen LogP contribution in [0.5, 0.6) is 0 Å². The van der Waals surface area contributed by atoms with E-state index < -0.39 is 5.60 Å². The molecule has 1 saturated carbocycles. The van der Waals surface area contributed by atoms with Crippen LogP contribution in [0.4, 0.5) is 10.5 Å². The number of alkyl carbamates (subject to hydrolysis) is 1. The first kappa shape index (κ1) is 39.2. The first-order valence-corrected chi connectivity index (χ1v) is 16.8. The number of hydrogen-bond acceptors (Lipinski definition) is 11. The van der Waals surface area contributed by atoms with Crippen LogP contribution < -0.4 is 16.0 Å². The summed E-state index contributed by atoms with van der Waals surface area (Å²) in [6.07, 6.45) is 9.00. The Kier molecular flexibility index (Phi) is 16.7. The molecule has 3 rings (SSSR count). The number of nitrogens with one attached hydrogen (secondary N) is 3. The van der Waals surface area contributed by atoms with Gasteiger partial charge in [0.05, 0.1) is 6.04 Å². The molecule has 1 aromatic carbocycles. The Labute approximate surface area is 279 Å². The first-order valence-electron chi connectivity index (χ1n) is 16.1. The smallest absolute Gasteiger partial charge is 0.407 e. The molecule has 1 atom stereocenters. The van der Waals surface area contributed by atoms with Crippen LogP contribution in [-0.2, 0) is 14.3 Å². The van der Waals surface area contributed by atoms with Crippen molar-refractivity contribution in [3.05, 3.63) is 29.3 Å². The van der Waals surface area contributed by atoms with Gasteiger partial charge in [-0.2, -0.15) is 0 Å². The van der Waals surface area contributed by atoms with Crippen LogP contribution in [0.3, 0.4) is 0 Å². The van der Waals surface area contributed by atoms with Crippen molar-refractivity contribution < 1.29 is 28.7 Å². The lowest BCUT2D eigenvalue weighted by Gasteiger charge is -2.38. The molecule has 2 fully saturated rings. The lowest BCUT2D eigenvalue weighted by molar-refractivity contribution is -0.121. The minimum Gasteiger partial charge on any atom is -0.444 e. The fourth-order valence-electron chi connectivity index (χ4n) is 5.40. The highest BCUT2D eigenvalue weighted by molar-refractivity contribution is 7.94. The van der Waals surface area contributed by atoms with Gasteiger partial charge in [0.2, 0.25) is 5.91 Å². The maximum atomic E-state index is 12.0. The quantitative estimate of drug-likeness (QED) is 0.207. The number of hydrogen-bond donors (Lipinski definition) is 3. The van der Waals surface area contributed by atoms with E-state index >= 15 is 0 Å². The number of anilines is 1. The number of ether oxygens (including phenoxy) is 1. The normalized spacial score (nSPS) is 19.8. The first-order chi connectivity index (χ1) is 21.8. The fraction of sp³-hybridized carbons (Fsp3) is 0.667. The molecule has 258 valence electrons. The second-order valence-corrected chi connectivity index (χ2v) is 14.3. The van der Waals surface area contributed by atoms with Crippen molar-refractivity contribution >= 4 is 48.7 Å². The number of nitrogens with zero attached hydrogens (tertiary/aromatic N) is 3. The molecule has 12 nitrogen and oxygen atoms in total. The largest absolute Gasteiger partial charge is 0.444 e. The lowest BCUT2D eigenvalue weighted by Crippen LogP contribution is -2.45. The Morgan fingerprint density at radius 3 is 2.17 bits per heavy atom. The average molecular weight is 663 g/mol. The summed E-state index contributed by atoms with van der Waals surface area (Å²) in [5.41, 5.74) is 1.13. The summed E-state index contributed by atoms with van der Waals surface area (Å²) in [5.74, 6) is -0.0244. The van der Waals surface area contributed by atoms with Crippen molar-refractivity contribution in [1.29, 1.82) is 0 Å². The Morgan fingerprint density at radius 1 is 1.00 bits per heavy atom. The molecule has 0 aromatic heterocycles. The van der Waals surface area contributed by atoms with Crippen molar-refractivity contribution in [3.8, 4) is 0 Å². The van der Waals surface area contributed by atoms with E-state index in [0.29, 0.717) is 36.1 Å². The highest BCUT2D eigenvalue weighted by Crippen LogP contribution is 2.31. The zero-order chi connectivity index (χ0) is 34.3. The van der Waals surface area contributed by atoms with E-state index in [-0.39, 0.29) is 24.1 Å². The summed E-state index contributed by atoms with van der Waals surface area (Å²) < 4.78 is 10.1. The third-order valence-electron chi connectivity index (χ3n) is 8.14. The van der Waals surface area contributed by atoms with E-state index in [1.807, 2.05) is 40.9 Å². The third-order valence-corrected chi connectivity index (χ3v) is 9.29. The molecule has 1 aliphatic heterocycles. The van der Waals surface area contributed by atoms with E-state index in [4.69, 9.17) is 4.74 Å². The Balaban J connectivity index is 0.000000521. The molecule has 2 amide bonds. The van der Waals surface area contributed by atoms with Gasteiger partial charge in [-0.1, -0.05) is 12.1 Å². The van der Waals surface area contributed by atoms with Crippen molar-refractivity contribution in [2.24, 2.45) is 0 Å². The molecule has 3 N–H and O–H groups in total. The van der Waals surface area contributed by atoms with Gasteiger partial charge in [0, 0.05) is 73.6 Å². The summed E-state index contributed by atoms with van der Waals surface area (Å²) in [6.45, 7) is 7.47. The number of carbonyl (C=O) groups is 5. The topological polar surface area (TPSA) is 140 Å². The average Bonchev–Trinajstić information content (AvgIpc) is 3.01. The number of likely N-dealkylation sites (N-methyl/N-ethyl adjacent to an activating group) is 1. The van der Waals surface area contributed by atoms with Gasteiger partial charge >= 0.3 is 6.09 Å². The van der Waals surface area contributed by atoms with Crippen molar-refractivity contribution in [3.63, 3.8) is 0 Å². The van der Waals surface area contributed by atoms with Crippen LogP contribution in [0.2, 0.25) is 0 Å². The highest BCUT2D eigenvalue weighted by atomic mass is 32.2. The van der Waals surface area contributed by atoms with Crippen LogP contribution in [0.25, 0.3) is 0 Å². The zero-order valence-corrected chi connectivity index (χ0v) is 29.4. The molecular weight excluding hydrogens is 608 g/mol. The van der Waals surface area contributed by atoms with Gasteiger partial charge in [0.15, 0.2) is 12.6 Å². The summed E-state index contributed by atoms with van der Waals surface area (Å²) >= 11 is 1.79. The van der Waals surface area contributed by atoms with Gasteiger partial charge in [0.1, 0.15) is 11.9 Å². The molecule has 13 heteroatoms. The SMILES string of the molecule is CN(SN1CCC(NC(=O)OC(C)(C)C)CC1)C1CCC(Nc2cccc(C=O)c2C=O)CC1.CNC(=O)CCC(C=O)N(C)C. The fourth-order valence-corrected chi connectivity index (χ4v) is 6.49. The van der Waals surface area contributed by atoms with E-state index in [1.165, 1.54) is 0 Å². The number of amides is 2. The maximum absolute atomic E-state index is 12.0. The van der Waals surface area contributed by atoms with Crippen LogP contribution in [-0.4, -0.2) is 115 Å². The number of rotatable bonds is 13. The molecule has 0 spiro atoms. The summed E-state index contributed by atoms with van der Waals surface area (Å²) in [6, 6.07) is 6.14. The number of aldehydes is 3. The summed E-state index contributed by atoms with van der Waals surface area (Å²) in [4.78, 5) is 57.8. The Morgan fingerprint density at radius 2 is 1.65 bits per heavy atom. The van der Waals surface area contributed by atoms with Crippen LogP contribution in [0, 0.1) is 0 Å². The number of carbonyl (C=O) groups excluding carboxylic acids is 5. The minimum absolute atomic E-state index is 0.0244. The second kappa shape index (κ2) is 19.6. The molecule has 46 heavy (non-hydrogen) atoms. The van der Waals surface area contributed by atoms with Crippen LogP contribution >= 0.6 is 12.1 Å². The van der Waals surface area contributed by atoms with Crippen LogP contribution in [0.15, 0.2) is 18.2 Å². The predicted octanol–water partition coefficient (Wildman–Crippen LogP) is 4.16. The van der Waals surface area contributed by atoms with Gasteiger partial charge in [0.25, 0.3) is 0 Å². The molecule has 0 bridgehead atoms. The van der Waals surface area contributed by atoms with E-state index in [2.05, 4.69) is 31.6 Å². The molecular formula is C33H54N6O6S. The summed E-state index contributed by atoms with van der Waals surface area (Å²) in [5, 5.41) is 8.98. The minimum atomic E-state index is -0.478. The second-order valence-electron chi connectivity index (χ2n) is 13.1. The van der Waals surface area contributed by atoms with Gasteiger partial charge < -0.3 is 25.5 Å². The van der Waals surface area contributed by atoms with E-state index in [9.17, 15) is 24.0 Å². The molecule has 1 saturated heterocycles. The monoisotopic (exact) mass is 662 g/mol. The molecule has 1 unspecified atom stereocenters. The van der Waals surface area contributed by atoms with Crippen LogP contribution in [0.1, 0.15) is 92.9 Å². The summed E-state index contributed by atoms with van der Waals surface area (Å²) in [7, 11) is 7.39. The number of piperidine rings is 1. The predicted molar refractivity (Wildman–Crippen MR) is 183 cm³/mol. The molecule has 1 heterocycles. The van der Waals surface area contributed by atoms with Gasteiger partial charge in [-0.15, -0.1) is 0 Å². The standard InChI is InChI=1S/C25H38N4O4S.C8H16N2O2/c1-25(2,3)33-24(32)27-20-12-14-29(15-13-20)34-28(4)21-10-8-19(9-11-21)26-23-7-5-6-18(16-30)22(23)17-31;1-9-8(12)5-4-7(6-11)10(2)3/h5-7,16-17,19-21,26H,8-15H2,1-4H3,(H,27,32);6-7H,4-5H2,1-3H3,(H,9,12). The Hall–Kier alpha value is -3.00. The third kappa shape index (κ3) is 13.8. The maximum Gasteiger partial charge on any atom is 0.407 e. The van der Waals surface area contributed by atoms with Crippen molar-refractivity contribution in [1.82, 2.24) is 24.1 Å². The van der Waals surface area contributed by atoms with Gasteiger partial charge in [-0.05, 0) is 92.9 Å². The molecule has 1 aromatic rings. The molecule has 0 radical (unpaired) electrons.